The Balaban J connectivity index is 1.37. The average molecular weight is 472 g/mol. The standard InChI is InChI=1S/C23H23Cl2N5O2/c1-29-9-11-30(12-10-29)22-8-6-20(27-28-22)16-3-2-4-18(13-16)26-23(31)15-32-21-7-5-17(24)14-19(21)25/h2-8,13-14H,9-12,15H2,1H3,(H,26,31). The van der Waals surface area contributed by atoms with Crippen molar-refractivity contribution < 1.29 is 9.53 Å². The highest BCUT2D eigenvalue weighted by Crippen LogP contribution is 2.27. The zero-order chi connectivity index (χ0) is 22.5. The molecular formula is C23H23Cl2N5O2. The van der Waals surface area contributed by atoms with E-state index in [0.717, 1.165) is 43.3 Å². The van der Waals surface area contributed by atoms with Gasteiger partial charge in [0.2, 0.25) is 0 Å². The van der Waals surface area contributed by atoms with Gasteiger partial charge in [-0.25, -0.2) is 0 Å². The Labute approximate surface area is 196 Å². The molecule has 32 heavy (non-hydrogen) atoms. The van der Waals surface area contributed by atoms with Gasteiger partial charge in [-0.2, -0.15) is 0 Å². The van der Waals surface area contributed by atoms with Gasteiger partial charge in [0.05, 0.1) is 10.7 Å². The number of ether oxygens (including phenoxy) is 1. The minimum atomic E-state index is -0.301. The first-order chi connectivity index (χ1) is 15.5. The lowest BCUT2D eigenvalue weighted by atomic mass is 10.1. The van der Waals surface area contributed by atoms with Crippen molar-refractivity contribution in [2.24, 2.45) is 0 Å². The normalized spacial score (nSPS) is 14.3. The van der Waals surface area contributed by atoms with Gasteiger partial charge in [0, 0.05) is 42.5 Å². The molecule has 1 aliphatic rings. The van der Waals surface area contributed by atoms with Crippen LogP contribution in [0.4, 0.5) is 11.5 Å². The van der Waals surface area contributed by atoms with E-state index in [4.69, 9.17) is 27.9 Å². The zero-order valence-electron chi connectivity index (χ0n) is 17.6. The van der Waals surface area contributed by atoms with Crippen LogP contribution in [0.2, 0.25) is 10.0 Å². The van der Waals surface area contributed by atoms with Crippen LogP contribution in [0.3, 0.4) is 0 Å². The summed E-state index contributed by atoms with van der Waals surface area (Å²) in [7, 11) is 2.12. The van der Waals surface area contributed by atoms with Crippen molar-refractivity contribution in [2.75, 3.05) is 50.1 Å². The van der Waals surface area contributed by atoms with E-state index < -0.39 is 0 Å². The Morgan fingerprint density at radius 2 is 1.84 bits per heavy atom. The Morgan fingerprint density at radius 3 is 2.56 bits per heavy atom. The van der Waals surface area contributed by atoms with E-state index in [1.165, 1.54) is 0 Å². The second-order valence-electron chi connectivity index (χ2n) is 7.56. The summed E-state index contributed by atoms with van der Waals surface area (Å²) in [5.74, 6) is 0.977. The summed E-state index contributed by atoms with van der Waals surface area (Å²) in [4.78, 5) is 16.8. The number of benzene rings is 2. The molecule has 0 radical (unpaired) electrons. The molecule has 0 bridgehead atoms. The van der Waals surface area contributed by atoms with Crippen LogP contribution >= 0.6 is 23.2 Å². The van der Waals surface area contributed by atoms with Crippen LogP contribution in [-0.4, -0.2) is 60.8 Å². The van der Waals surface area contributed by atoms with Crippen molar-refractivity contribution in [1.82, 2.24) is 15.1 Å². The number of carbonyl (C=O) groups is 1. The highest BCUT2D eigenvalue weighted by molar-refractivity contribution is 6.35. The number of nitrogens with one attached hydrogen (secondary N) is 1. The molecule has 0 unspecified atom stereocenters. The third-order valence-electron chi connectivity index (χ3n) is 5.17. The van der Waals surface area contributed by atoms with Gasteiger partial charge in [0.25, 0.3) is 5.91 Å². The molecule has 0 aliphatic carbocycles. The fourth-order valence-electron chi connectivity index (χ4n) is 3.37. The number of anilines is 2. The molecule has 0 saturated carbocycles. The minimum Gasteiger partial charge on any atom is -0.482 e. The van der Waals surface area contributed by atoms with E-state index in [-0.39, 0.29) is 12.5 Å². The number of carbonyl (C=O) groups excluding carboxylic acids is 1. The van der Waals surface area contributed by atoms with Gasteiger partial charge in [-0.1, -0.05) is 35.3 Å². The van der Waals surface area contributed by atoms with E-state index >= 15 is 0 Å². The Hall–Kier alpha value is -2.87. The summed E-state index contributed by atoms with van der Waals surface area (Å²) in [5.41, 5.74) is 2.24. The van der Waals surface area contributed by atoms with Crippen LogP contribution in [0.1, 0.15) is 0 Å². The van der Waals surface area contributed by atoms with Crippen LogP contribution < -0.4 is 15.0 Å². The Bertz CT molecular complexity index is 1090. The molecule has 1 N–H and O–H groups in total. The van der Waals surface area contributed by atoms with Crippen molar-refractivity contribution in [2.45, 2.75) is 0 Å². The quantitative estimate of drug-likeness (QED) is 0.580. The van der Waals surface area contributed by atoms with Gasteiger partial charge in [0.15, 0.2) is 12.4 Å². The molecule has 166 valence electrons. The first kappa shape index (κ1) is 22.3. The van der Waals surface area contributed by atoms with E-state index in [1.54, 1.807) is 18.2 Å². The van der Waals surface area contributed by atoms with Crippen LogP contribution in [0.25, 0.3) is 11.3 Å². The third kappa shape index (κ3) is 5.68. The van der Waals surface area contributed by atoms with Crippen molar-refractivity contribution >= 4 is 40.6 Å². The van der Waals surface area contributed by atoms with Gasteiger partial charge in [0.1, 0.15) is 5.75 Å². The smallest absolute Gasteiger partial charge is 0.262 e. The summed E-state index contributed by atoms with van der Waals surface area (Å²) in [6.07, 6.45) is 0. The predicted octanol–water partition coefficient (Wildman–Crippen LogP) is 4.22. The number of likely N-dealkylation sites (N-methyl/N-ethyl adjacent to an activating group) is 1. The van der Waals surface area contributed by atoms with E-state index in [0.29, 0.717) is 21.5 Å². The summed E-state index contributed by atoms with van der Waals surface area (Å²) in [6.45, 7) is 3.73. The van der Waals surface area contributed by atoms with Crippen LogP contribution in [0.5, 0.6) is 5.75 Å². The molecular weight excluding hydrogens is 449 g/mol. The summed E-state index contributed by atoms with van der Waals surface area (Å²) >= 11 is 11.9. The molecule has 9 heteroatoms. The maximum absolute atomic E-state index is 12.3. The summed E-state index contributed by atoms with van der Waals surface area (Å²) in [5, 5.41) is 12.5. The second kappa shape index (κ2) is 10.2. The molecule has 3 aromatic rings. The number of hydrogen-bond donors (Lipinski definition) is 1. The molecule has 1 fully saturated rings. The fourth-order valence-corrected chi connectivity index (χ4v) is 3.84. The lowest BCUT2D eigenvalue weighted by Crippen LogP contribution is -2.44. The number of halogens is 2. The number of amides is 1. The van der Waals surface area contributed by atoms with Crippen LogP contribution in [0, 0.1) is 0 Å². The molecule has 1 aliphatic heterocycles. The monoisotopic (exact) mass is 471 g/mol. The first-order valence-electron chi connectivity index (χ1n) is 10.2. The zero-order valence-corrected chi connectivity index (χ0v) is 19.1. The van der Waals surface area contributed by atoms with Gasteiger partial charge in [-0.3, -0.25) is 4.79 Å². The molecule has 2 aromatic carbocycles. The predicted molar refractivity (Wildman–Crippen MR) is 128 cm³/mol. The first-order valence-corrected chi connectivity index (χ1v) is 11.0. The molecule has 7 nitrogen and oxygen atoms in total. The number of hydrogen-bond acceptors (Lipinski definition) is 6. The van der Waals surface area contributed by atoms with Crippen molar-refractivity contribution in [3.05, 3.63) is 64.6 Å². The highest BCUT2D eigenvalue weighted by atomic mass is 35.5. The number of piperazine rings is 1. The van der Waals surface area contributed by atoms with Gasteiger partial charge in [-0.05, 0) is 49.5 Å². The largest absolute Gasteiger partial charge is 0.482 e. The summed E-state index contributed by atoms with van der Waals surface area (Å²) < 4.78 is 5.49. The van der Waals surface area contributed by atoms with E-state index in [1.807, 2.05) is 36.4 Å². The lowest BCUT2D eigenvalue weighted by Gasteiger charge is -2.32. The average Bonchev–Trinajstić information content (AvgIpc) is 2.79. The van der Waals surface area contributed by atoms with Gasteiger partial charge < -0.3 is 19.9 Å². The second-order valence-corrected chi connectivity index (χ2v) is 8.40. The van der Waals surface area contributed by atoms with Crippen molar-refractivity contribution in [1.29, 1.82) is 0 Å². The molecule has 1 amide bonds. The Morgan fingerprint density at radius 1 is 1.03 bits per heavy atom. The number of rotatable bonds is 6. The lowest BCUT2D eigenvalue weighted by molar-refractivity contribution is -0.118. The van der Waals surface area contributed by atoms with Crippen molar-refractivity contribution in [3.8, 4) is 17.0 Å². The summed E-state index contributed by atoms with van der Waals surface area (Å²) in [6, 6.07) is 16.2. The number of aromatic nitrogens is 2. The molecule has 4 rings (SSSR count). The molecule has 2 heterocycles. The fraction of sp³-hybridized carbons (Fsp3) is 0.261. The van der Waals surface area contributed by atoms with Gasteiger partial charge >= 0.3 is 0 Å². The molecule has 0 atom stereocenters. The third-order valence-corrected chi connectivity index (χ3v) is 5.70. The van der Waals surface area contributed by atoms with Crippen LogP contribution in [0.15, 0.2) is 54.6 Å². The maximum Gasteiger partial charge on any atom is 0.262 e. The van der Waals surface area contributed by atoms with Crippen LogP contribution in [-0.2, 0) is 4.79 Å². The molecule has 1 aromatic heterocycles. The topological polar surface area (TPSA) is 70.6 Å². The van der Waals surface area contributed by atoms with Crippen molar-refractivity contribution in [3.63, 3.8) is 0 Å². The molecule has 1 saturated heterocycles. The van der Waals surface area contributed by atoms with E-state index in [2.05, 4.69) is 32.4 Å². The highest BCUT2D eigenvalue weighted by Gasteiger charge is 2.16. The molecule has 0 spiro atoms. The van der Waals surface area contributed by atoms with Gasteiger partial charge in [-0.15, -0.1) is 10.2 Å². The minimum absolute atomic E-state index is 0.175. The maximum atomic E-state index is 12.3. The number of nitrogens with zero attached hydrogens (tertiary/aromatic N) is 4. The Kier molecular flexibility index (Phi) is 7.09. The van der Waals surface area contributed by atoms with E-state index in [9.17, 15) is 4.79 Å². The SMILES string of the molecule is CN1CCN(c2ccc(-c3cccc(NC(=O)COc4ccc(Cl)cc4Cl)c3)nn2)CC1.